The van der Waals surface area contributed by atoms with Gasteiger partial charge in [0.15, 0.2) is 6.10 Å². The zero-order valence-corrected chi connectivity index (χ0v) is 15.4. The van der Waals surface area contributed by atoms with Crippen molar-refractivity contribution in [3.8, 4) is 11.5 Å². The minimum atomic E-state index is -0.601. The Kier molecular flexibility index (Phi) is 7.61. The minimum absolute atomic E-state index is 0.155. The fourth-order valence-corrected chi connectivity index (χ4v) is 2.61. The second kappa shape index (κ2) is 9.94. The lowest BCUT2D eigenvalue weighted by Gasteiger charge is -2.15. The Bertz CT molecular complexity index is 690. The molecule has 0 heterocycles. The van der Waals surface area contributed by atoms with E-state index in [-0.39, 0.29) is 5.91 Å². The predicted octanol–water partition coefficient (Wildman–Crippen LogP) is 4.26. The molecule has 0 bridgehead atoms. The first-order valence-electron chi connectivity index (χ1n) is 8.51. The van der Waals surface area contributed by atoms with Crippen LogP contribution in [0.4, 0.5) is 0 Å². The second-order valence-corrected chi connectivity index (χ2v) is 6.03. The molecule has 0 fully saturated rings. The lowest BCUT2D eigenvalue weighted by molar-refractivity contribution is -0.127. The van der Waals surface area contributed by atoms with Crippen molar-refractivity contribution in [2.45, 2.75) is 32.8 Å². The molecule has 1 amide bonds. The summed E-state index contributed by atoms with van der Waals surface area (Å²) in [7, 11) is 0. The molecule has 0 radical (unpaired) electrons. The first-order chi connectivity index (χ1) is 12.1. The fraction of sp³-hybridized carbons (Fsp3) is 0.350. The van der Waals surface area contributed by atoms with Gasteiger partial charge in [-0.05, 0) is 50.5 Å². The number of carbonyl (C=O) groups excluding carboxylic acids is 1. The third kappa shape index (κ3) is 5.98. The van der Waals surface area contributed by atoms with Gasteiger partial charge >= 0.3 is 0 Å². The first-order valence-corrected chi connectivity index (χ1v) is 8.89. The number of aryl methyl sites for hydroxylation is 1. The first kappa shape index (κ1) is 19.1. The van der Waals surface area contributed by atoms with Gasteiger partial charge in [-0.25, -0.2) is 0 Å². The van der Waals surface area contributed by atoms with E-state index in [2.05, 4.69) is 11.4 Å². The van der Waals surface area contributed by atoms with Gasteiger partial charge in [0, 0.05) is 6.54 Å². The van der Waals surface area contributed by atoms with E-state index in [4.69, 9.17) is 21.1 Å². The summed E-state index contributed by atoms with van der Waals surface area (Å²) in [5.41, 5.74) is 1.15. The van der Waals surface area contributed by atoms with Gasteiger partial charge in [0.05, 0.1) is 11.6 Å². The Balaban J connectivity index is 1.76. The molecule has 0 spiro atoms. The number of rotatable bonds is 9. The SMILES string of the molecule is CCOc1ccccc1CCCNC(=O)[C@@H](C)Oc1ccccc1Cl. The third-order valence-electron chi connectivity index (χ3n) is 3.70. The van der Waals surface area contributed by atoms with E-state index >= 15 is 0 Å². The van der Waals surface area contributed by atoms with Crippen LogP contribution in [0.5, 0.6) is 11.5 Å². The Morgan fingerprint density at radius 3 is 2.52 bits per heavy atom. The zero-order valence-electron chi connectivity index (χ0n) is 14.6. The third-order valence-corrected chi connectivity index (χ3v) is 4.02. The second-order valence-electron chi connectivity index (χ2n) is 5.63. The van der Waals surface area contributed by atoms with Crippen molar-refractivity contribution in [2.24, 2.45) is 0 Å². The number of hydrogen-bond donors (Lipinski definition) is 1. The highest BCUT2D eigenvalue weighted by molar-refractivity contribution is 6.32. The molecule has 0 aliphatic carbocycles. The Hall–Kier alpha value is -2.20. The minimum Gasteiger partial charge on any atom is -0.494 e. The van der Waals surface area contributed by atoms with Gasteiger partial charge in [-0.1, -0.05) is 41.9 Å². The molecule has 0 aliphatic heterocycles. The topological polar surface area (TPSA) is 47.6 Å². The number of halogens is 1. The molecule has 5 heteroatoms. The molecule has 0 unspecified atom stereocenters. The van der Waals surface area contributed by atoms with Crippen molar-refractivity contribution in [1.82, 2.24) is 5.32 Å². The van der Waals surface area contributed by atoms with Crippen molar-refractivity contribution in [1.29, 1.82) is 0 Å². The maximum atomic E-state index is 12.1. The fourth-order valence-electron chi connectivity index (χ4n) is 2.43. The van der Waals surface area contributed by atoms with E-state index in [0.29, 0.717) is 23.9 Å². The average molecular weight is 362 g/mol. The van der Waals surface area contributed by atoms with Crippen molar-refractivity contribution in [3.05, 3.63) is 59.1 Å². The van der Waals surface area contributed by atoms with Crippen LogP contribution in [0.3, 0.4) is 0 Å². The molecule has 0 saturated carbocycles. The van der Waals surface area contributed by atoms with Crippen LogP contribution in [0.25, 0.3) is 0 Å². The smallest absolute Gasteiger partial charge is 0.260 e. The summed E-state index contributed by atoms with van der Waals surface area (Å²) in [4.78, 5) is 12.1. The number of nitrogens with one attached hydrogen (secondary N) is 1. The van der Waals surface area contributed by atoms with Crippen LogP contribution >= 0.6 is 11.6 Å². The molecular formula is C20H24ClNO3. The predicted molar refractivity (Wildman–Crippen MR) is 100 cm³/mol. The van der Waals surface area contributed by atoms with Crippen LogP contribution in [-0.4, -0.2) is 25.2 Å². The largest absolute Gasteiger partial charge is 0.494 e. The highest BCUT2D eigenvalue weighted by Crippen LogP contribution is 2.24. The average Bonchev–Trinajstić information content (AvgIpc) is 2.62. The van der Waals surface area contributed by atoms with Gasteiger partial charge < -0.3 is 14.8 Å². The molecule has 2 rings (SSSR count). The van der Waals surface area contributed by atoms with Gasteiger partial charge in [0.25, 0.3) is 5.91 Å². The maximum absolute atomic E-state index is 12.1. The molecular weight excluding hydrogens is 338 g/mol. The van der Waals surface area contributed by atoms with Gasteiger partial charge in [0.2, 0.25) is 0 Å². The van der Waals surface area contributed by atoms with E-state index in [1.54, 1.807) is 19.1 Å². The highest BCUT2D eigenvalue weighted by Gasteiger charge is 2.15. The Labute approximate surface area is 154 Å². The quantitative estimate of drug-likeness (QED) is 0.679. The summed E-state index contributed by atoms with van der Waals surface area (Å²) in [5.74, 6) is 1.27. The number of carbonyl (C=O) groups is 1. The summed E-state index contributed by atoms with van der Waals surface area (Å²) in [6.45, 7) is 4.90. The van der Waals surface area contributed by atoms with E-state index in [0.717, 1.165) is 24.2 Å². The number of ether oxygens (including phenoxy) is 2. The summed E-state index contributed by atoms with van der Waals surface area (Å²) in [5, 5.41) is 3.39. The zero-order chi connectivity index (χ0) is 18.1. The Morgan fingerprint density at radius 2 is 1.80 bits per heavy atom. The van der Waals surface area contributed by atoms with Crippen LogP contribution < -0.4 is 14.8 Å². The number of amides is 1. The molecule has 2 aromatic carbocycles. The van der Waals surface area contributed by atoms with Crippen LogP contribution in [0.1, 0.15) is 25.8 Å². The van der Waals surface area contributed by atoms with E-state index in [9.17, 15) is 4.79 Å². The van der Waals surface area contributed by atoms with Crippen LogP contribution in [-0.2, 0) is 11.2 Å². The number of benzene rings is 2. The molecule has 4 nitrogen and oxygen atoms in total. The van der Waals surface area contributed by atoms with Gasteiger partial charge in [-0.15, -0.1) is 0 Å². The highest BCUT2D eigenvalue weighted by atomic mass is 35.5. The molecule has 0 aromatic heterocycles. The van der Waals surface area contributed by atoms with Crippen LogP contribution in [0.15, 0.2) is 48.5 Å². The van der Waals surface area contributed by atoms with Gasteiger partial charge in [-0.2, -0.15) is 0 Å². The standard InChI is InChI=1S/C20H24ClNO3/c1-3-24-18-12-6-4-9-16(18)10-8-14-22-20(23)15(2)25-19-13-7-5-11-17(19)21/h4-7,9,11-13,15H,3,8,10,14H2,1-2H3,(H,22,23)/t15-/m1/s1. The van der Waals surface area contributed by atoms with E-state index in [1.165, 1.54) is 0 Å². The molecule has 0 aliphatic rings. The summed E-state index contributed by atoms with van der Waals surface area (Å²) in [6.07, 6.45) is 1.07. The van der Waals surface area contributed by atoms with Crippen molar-refractivity contribution in [3.63, 3.8) is 0 Å². The van der Waals surface area contributed by atoms with Crippen LogP contribution in [0.2, 0.25) is 5.02 Å². The lowest BCUT2D eigenvalue weighted by Crippen LogP contribution is -2.37. The van der Waals surface area contributed by atoms with E-state index < -0.39 is 6.10 Å². The summed E-state index contributed by atoms with van der Waals surface area (Å²) >= 11 is 6.04. The molecule has 0 saturated heterocycles. The van der Waals surface area contributed by atoms with Gasteiger partial charge in [0.1, 0.15) is 11.5 Å². The van der Waals surface area contributed by atoms with Crippen LogP contribution in [0, 0.1) is 0 Å². The van der Waals surface area contributed by atoms with Crippen molar-refractivity contribution in [2.75, 3.05) is 13.2 Å². The lowest BCUT2D eigenvalue weighted by atomic mass is 10.1. The number of hydrogen-bond acceptors (Lipinski definition) is 3. The molecule has 134 valence electrons. The van der Waals surface area contributed by atoms with Crippen molar-refractivity contribution >= 4 is 17.5 Å². The normalized spacial score (nSPS) is 11.6. The number of para-hydroxylation sites is 2. The van der Waals surface area contributed by atoms with Crippen molar-refractivity contribution < 1.29 is 14.3 Å². The van der Waals surface area contributed by atoms with Gasteiger partial charge in [-0.3, -0.25) is 4.79 Å². The Morgan fingerprint density at radius 1 is 1.12 bits per heavy atom. The summed E-state index contributed by atoms with van der Waals surface area (Å²) in [6, 6.07) is 15.1. The molecule has 2 aromatic rings. The van der Waals surface area contributed by atoms with E-state index in [1.807, 2.05) is 37.3 Å². The monoisotopic (exact) mass is 361 g/mol. The summed E-state index contributed by atoms with van der Waals surface area (Å²) < 4.78 is 11.2. The molecule has 1 atom stereocenters. The molecule has 25 heavy (non-hydrogen) atoms. The maximum Gasteiger partial charge on any atom is 0.260 e. The molecule has 1 N–H and O–H groups in total.